The Morgan fingerprint density at radius 1 is 1.16 bits per heavy atom. The van der Waals surface area contributed by atoms with Crippen LogP contribution in [0, 0.1) is 10.1 Å². The zero-order chi connectivity index (χ0) is 23.3. The van der Waals surface area contributed by atoms with Crippen LogP contribution in [0.2, 0.25) is 5.02 Å². The van der Waals surface area contributed by atoms with Gasteiger partial charge in [-0.05, 0) is 29.6 Å². The number of hydrogen-bond donors (Lipinski definition) is 1. The molecule has 0 spiro atoms. The SMILES string of the molecule is CN(C(=O)c1cccs1)c1ccccc1C(=O)OCC(=O)Nc1cc([N+](=O)[O-])ccc1Cl. The molecule has 0 saturated carbocycles. The number of amides is 2. The fourth-order valence-corrected chi connectivity index (χ4v) is 3.59. The Bertz CT molecular complexity index is 1180. The molecule has 0 unspecified atom stereocenters. The van der Waals surface area contributed by atoms with E-state index in [1.165, 1.54) is 41.5 Å². The van der Waals surface area contributed by atoms with Crippen molar-refractivity contribution in [3.05, 3.63) is 85.6 Å². The highest BCUT2D eigenvalue weighted by atomic mass is 35.5. The Morgan fingerprint density at radius 3 is 2.59 bits per heavy atom. The van der Waals surface area contributed by atoms with Crippen LogP contribution in [0.4, 0.5) is 17.1 Å². The van der Waals surface area contributed by atoms with E-state index in [-0.39, 0.29) is 27.9 Å². The number of ether oxygens (including phenoxy) is 1. The number of non-ortho nitro benzene ring substituents is 1. The lowest BCUT2D eigenvalue weighted by atomic mass is 10.1. The van der Waals surface area contributed by atoms with E-state index in [1.807, 2.05) is 0 Å². The first-order valence-corrected chi connectivity index (χ1v) is 10.3. The van der Waals surface area contributed by atoms with Crippen molar-refractivity contribution in [3.63, 3.8) is 0 Å². The molecule has 3 aromatic rings. The van der Waals surface area contributed by atoms with Crippen molar-refractivity contribution in [2.24, 2.45) is 0 Å². The normalized spacial score (nSPS) is 10.3. The van der Waals surface area contributed by atoms with Crippen molar-refractivity contribution < 1.29 is 24.0 Å². The lowest BCUT2D eigenvalue weighted by molar-refractivity contribution is -0.384. The highest BCUT2D eigenvalue weighted by Gasteiger charge is 2.22. The Morgan fingerprint density at radius 2 is 1.91 bits per heavy atom. The van der Waals surface area contributed by atoms with Crippen LogP contribution < -0.4 is 10.2 Å². The van der Waals surface area contributed by atoms with E-state index in [4.69, 9.17) is 16.3 Å². The largest absolute Gasteiger partial charge is 0.452 e. The van der Waals surface area contributed by atoms with Crippen LogP contribution in [0.3, 0.4) is 0 Å². The van der Waals surface area contributed by atoms with Crippen LogP contribution in [-0.2, 0) is 9.53 Å². The number of rotatable bonds is 7. The van der Waals surface area contributed by atoms with Crippen LogP contribution in [-0.4, -0.2) is 36.4 Å². The lowest BCUT2D eigenvalue weighted by Gasteiger charge is -2.19. The summed E-state index contributed by atoms with van der Waals surface area (Å²) in [6.07, 6.45) is 0. The van der Waals surface area contributed by atoms with Gasteiger partial charge in [0.15, 0.2) is 6.61 Å². The fraction of sp³-hybridized carbons (Fsp3) is 0.0952. The summed E-state index contributed by atoms with van der Waals surface area (Å²) in [4.78, 5) is 49.5. The molecule has 1 aromatic heterocycles. The van der Waals surface area contributed by atoms with E-state index in [1.54, 1.807) is 35.7 Å². The smallest absolute Gasteiger partial charge is 0.340 e. The molecule has 0 aliphatic heterocycles. The number of thiophene rings is 1. The number of hydrogen-bond acceptors (Lipinski definition) is 7. The van der Waals surface area contributed by atoms with Crippen LogP contribution in [0.15, 0.2) is 60.0 Å². The monoisotopic (exact) mass is 473 g/mol. The first-order chi connectivity index (χ1) is 15.3. The summed E-state index contributed by atoms with van der Waals surface area (Å²) < 4.78 is 5.08. The fourth-order valence-electron chi connectivity index (χ4n) is 2.73. The van der Waals surface area contributed by atoms with Gasteiger partial charge in [0.2, 0.25) is 0 Å². The minimum Gasteiger partial charge on any atom is -0.452 e. The minimum atomic E-state index is -0.813. The maximum atomic E-state index is 12.6. The van der Waals surface area contributed by atoms with Gasteiger partial charge >= 0.3 is 5.97 Å². The molecule has 0 atom stereocenters. The van der Waals surface area contributed by atoms with Gasteiger partial charge in [-0.1, -0.05) is 29.8 Å². The van der Waals surface area contributed by atoms with Gasteiger partial charge in [-0.3, -0.25) is 19.7 Å². The Balaban J connectivity index is 1.68. The Labute approximate surface area is 191 Å². The highest BCUT2D eigenvalue weighted by Crippen LogP contribution is 2.27. The Hall–Kier alpha value is -3.76. The van der Waals surface area contributed by atoms with E-state index in [0.29, 0.717) is 10.6 Å². The van der Waals surface area contributed by atoms with E-state index in [2.05, 4.69) is 5.32 Å². The first kappa shape index (κ1) is 22.9. The summed E-state index contributed by atoms with van der Waals surface area (Å²) >= 11 is 7.22. The zero-order valence-corrected chi connectivity index (χ0v) is 18.2. The van der Waals surface area contributed by atoms with Crippen molar-refractivity contribution in [1.29, 1.82) is 0 Å². The van der Waals surface area contributed by atoms with Crippen LogP contribution in [0.1, 0.15) is 20.0 Å². The predicted molar refractivity (Wildman–Crippen MR) is 121 cm³/mol. The maximum Gasteiger partial charge on any atom is 0.340 e. The number of nitro benzene ring substituents is 1. The topological polar surface area (TPSA) is 119 Å². The number of nitrogens with zero attached hydrogens (tertiary/aromatic N) is 2. The van der Waals surface area contributed by atoms with Crippen molar-refractivity contribution in [1.82, 2.24) is 0 Å². The Kier molecular flexibility index (Phi) is 7.18. The summed E-state index contributed by atoms with van der Waals surface area (Å²) in [5.41, 5.74) is 0.178. The maximum absolute atomic E-state index is 12.6. The molecule has 1 N–H and O–H groups in total. The van der Waals surface area contributed by atoms with Crippen LogP contribution >= 0.6 is 22.9 Å². The molecular formula is C21H16ClN3O6S. The number of carbonyl (C=O) groups excluding carboxylic acids is 3. The third-order valence-electron chi connectivity index (χ3n) is 4.29. The number of para-hydroxylation sites is 1. The number of carbonyl (C=O) groups is 3. The molecular weight excluding hydrogens is 458 g/mol. The van der Waals surface area contributed by atoms with Gasteiger partial charge in [-0.25, -0.2) is 4.79 Å². The number of nitro groups is 1. The summed E-state index contributed by atoms with van der Waals surface area (Å²) in [6, 6.07) is 13.3. The second-order valence-corrected chi connectivity index (χ2v) is 7.76. The predicted octanol–water partition coefficient (Wildman–Crippen LogP) is 4.38. The van der Waals surface area contributed by atoms with Gasteiger partial charge in [0, 0.05) is 19.2 Å². The van der Waals surface area contributed by atoms with E-state index >= 15 is 0 Å². The van der Waals surface area contributed by atoms with E-state index in [9.17, 15) is 24.5 Å². The number of benzene rings is 2. The van der Waals surface area contributed by atoms with Crippen molar-refractivity contribution in [2.75, 3.05) is 23.9 Å². The van der Waals surface area contributed by atoms with Gasteiger partial charge in [-0.15, -0.1) is 11.3 Å². The highest BCUT2D eigenvalue weighted by molar-refractivity contribution is 7.12. The molecule has 3 rings (SSSR count). The second-order valence-electron chi connectivity index (χ2n) is 6.40. The standard InChI is InChI=1S/C21H16ClN3O6S/c1-24(20(27)18-7-4-10-32-18)17-6-3-2-5-14(17)21(28)31-12-19(26)23-16-11-13(25(29)30)8-9-15(16)22/h2-11H,12H2,1H3,(H,23,26). The molecule has 1 heterocycles. The van der Waals surface area contributed by atoms with E-state index < -0.39 is 23.4 Å². The van der Waals surface area contributed by atoms with Gasteiger partial charge in [0.05, 0.1) is 31.8 Å². The van der Waals surface area contributed by atoms with Crippen LogP contribution in [0.5, 0.6) is 0 Å². The third-order valence-corrected chi connectivity index (χ3v) is 5.48. The lowest BCUT2D eigenvalue weighted by Crippen LogP contribution is -2.28. The number of esters is 1. The molecule has 164 valence electrons. The number of halogens is 1. The minimum absolute atomic E-state index is 0.0172. The molecule has 0 aliphatic carbocycles. The average Bonchev–Trinajstić information content (AvgIpc) is 3.32. The molecule has 9 nitrogen and oxygen atoms in total. The summed E-state index contributed by atoms with van der Waals surface area (Å²) in [5, 5.41) is 15.1. The summed E-state index contributed by atoms with van der Waals surface area (Å²) in [5.74, 6) is -1.84. The molecule has 0 bridgehead atoms. The molecule has 0 radical (unpaired) electrons. The van der Waals surface area contributed by atoms with Crippen LogP contribution in [0.25, 0.3) is 0 Å². The van der Waals surface area contributed by atoms with E-state index in [0.717, 1.165) is 6.07 Å². The molecule has 0 saturated heterocycles. The molecule has 2 aromatic carbocycles. The first-order valence-electron chi connectivity index (χ1n) is 9.09. The quantitative estimate of drug-likeness (QED) is 0.309. The third kappa shape index (κ3) is 5.29. The number of anilines is 2. The van der Waals surface area contributed by atoms with Crippen molar-refractivity contribution in [2.45, 2.75) is 0 Å². The second kappa shape index (κ2) is 10.0. The molecule has 32 heavy (non-hydrogen) atoms. The zero-order valence-electron chi connectivity index (χ0n) is 16.6. The molecule has 2 amide bonds. The van der Waals surface area contributed by atoms with Gasteiger partial charge in [0.25, 0.3) is 17.5 Å². The number of nitrogens with one attached hydrogen (secondary N) is 1. The molecule has 0 fully saturated rings. The van der Waals surface area contributed by atoms with Crippen molar-refractivity contribution in [3.8, 4) is 0 Å². The molecule has 11 heteroatoms. The van der Waals surface area contributed by atoms with Gasteiger partial charge in [-0.2, -0.15) is 0 Å². The van der Waals surface area contributed by atoms with Gasteiger partial charge in [0.1, 0.15) is 0 Å². The summed E-state index contributed by atoms with van der Waals surface area (Å²) in [7, 11) is 1.53. The van der Waals surface area contributed by atoms with Gasteiger partial charge < -0.3 is 15.0 Å². The molecule has 0 aliphatic rings. The van der Waals surface area contributed by atoms with Crippen molar-refractivity contribution >= 4 is 57.8 Å². The summed E-state index contributed by atoms with van der Waals surface area (Å²) in [6.45, 7) is -0.658. The average molecular weight is 474 g/mol.